The van der Waals surface area contributed by atoms with E-state index >= 15 is 0 Å². The van der Waals surface area contributed by atoms with Crippen LogP contribution in [-0.2, 0) is 14.4 Å². The summed E-state index contributed by atoms with van der Waals surface area (Å²) in [5, 5.41) is 1.65. The lowest BCUT2D eigenvalue weighted by Gasteiger charge is -2.29. The second-order valence-electron chi connectivity index (χ2n) is 7.61. The summed E-state index contributed by atoms with van der Waals surface area (Å²) in [6.45, 7) is 0. The van der Waals surface area contributed by atoms with Crippen LogP contribution in [0, 0.1) is 5.92 Å². The molecule has 2 aliphatic rings. The van der Waals surface area contributed by atoms with Gasteiger partial charge < -0.3 is 9.47 Å². The van der Waals surface area contributed by atoms with Crippen LogP contribution in [0.15, 0.2) is 78.9 Å². The number of rotatable bonds is 5. The fraction of sp³-hybridized carbons (Fsp3) is 0.200. The first kappa shape index (κ1) is 20.1. The minimum absolute atomic E-state index is 0.299. The molecular formula is C25H22N2O5. The van der Waals surface area contributed by atoms with Crippen LogP contribution in [0.5, 0.6) is 11.5 Å². The molecule has 0 aromatic heterocycles. The molecule has 162 valence electrons. The van der Waals surface area contributed by atoms with Crippen molar-refractivity contribution in [2.45, 2.75) is 12.1 Å². The summed E-state index contributed by atoms with van der Waals surface area (Å²) in [7, 11) is 3.15. The molecule has 0 bridgehead atoms. The Hall–Kier alpha value is -3.84. The van der Waals surface area contributed by atoms with Crippen LogP contribution in [0.2, 0.25) is 0 Å². The molecule has 0 aliphatic carbocycles. The van der Waals surface area contributed by atoms with Crippen LogP contribution in [0.25, 0.3) is 0 Å². The van der Waals surface area contributed by atoms with Gasteiger partial charge in [-0.25, -0.2) is 9.96 Å². The molecule has 2 amide bonds. The van der Waals surface area contributed by atoms with E-state index in [9.17, 15) is 9.59 Å². The molecule has 0 radical (unpaired) electrons. The summed E-state index contributed by atoms with van der Waals surface area (Å²) >= 11 is 0. The Labute approximate surface area is 185 Å². The number of ether oxygens (including phenoxy) is 2. The first-order chi connectivity index (χ1) is 15.6. The number of carbonyl (C=O) groups excluding carboxylic acids is 2. The van der Waals surface area contributed by atoms with E-state index in [1.54, 1.807) is 49.6 Å². The molecule has 0 saturated carbocycles. The molecule has 7 heteroatoms. The van der Waals surface area contributed by atoms with Crippen molar-refractivity contribution in [3.63, 3.8) is 0 Å². The first-order valence-electron chi connectivity index (χ1n) is 10.3. The van der Waals surface area contributed by atoms with Crippen molar-refractivity contribution >= 4 is 23.2 Å². The fourth-order valence-corrected chi connectivity index (χ4v) is 4.42. The van der Waals surface area contributed by atoms with Crippen LogP contribution in [0.3, 0.4) is 0 Å². The monoisotopic (exact) mass is 430 g/mol. The van der Waals surface area contributed by atoms with Gasteiger partial charge in [0.25, 0.3) is 5.91 Å². The highest BCUT2D eigenvalue weighted by atomic mass is 16.7. The molecule has 5 rings (SSSR count). The summed E-state index contributed by atoms with van der Waals surface area (Å²) in [4.78, 5) is 34.3. The normalized spacial score (nSPS) is 22.2. The molecule has 3 aromatic rings. The summed E-state index contributed by atoms with van der Waals surface area (Å²) in [6, 6.07) is 23.2. The molecule has 0 N–H and O–H groups in total. The minimum atomic E-state index is -0.931. The number of anilines is 2. The van der Waals surface area contributed by atoms with Gasteiger partial charge in [-0.2, -0.15) is 0 Å². The topological polar surface area (TPSA) is 68.3 Å². The highest BCUT2D eigenvalue weighted by Crippen LogP contribution is 2.49. The average Bonchev–Trinajstić information content (AvgIpc) is 3.35. The molecule has 7 nitrogen and oxygen atoms in total. The molecule has 32 heavy (non-hydrogen) atoms. The van der Waals surface area contributed by atoms with Gasteiger partial charge in [0.1, 0.15) is 17.4 Å². The number of carbonyl (C=O) groups is 2. The summed E-state index contributed by atoms with van der Waals surface area (Å²) in [6.07, 6.45) is -0.931. The van der Waals surface area contributed by atoms with Gasteiger partial charge in [0.2, 0.25) is 5.91 Å². The van der Waals surface area contributed by atoms with Crippen LogP contribution < -0.4 is 19.4 Å². The maximum atomic E-state index is 13.6. The van der Waals surface area contributed by atoms with Gasteiger partial charge in [-0.3, -0.25) is 14.4 Å². The SMILES string of the molecule is COc1ccc([C@H]2[C@H]3C(=O)N(c4ccccc4)C(=O)[C@H]3ON2c2ccccc2)c(OC)c1. The lowest BCUT2D eigenvalue weighted by atomic mass is 9.90. The maximum absolute atomic E-state index is 13.6. The Morgan fingerprint density at radius 3 is 2.06 bits per heavy atom. The van der Waals surface area contributed by atoms with E-state index in [1.165, 1.54) is 4.90 Å². The number of hydrogen-bond donors (Lipinski definition) is 0. The lowest BCUT2D eigenvalue weighted by molar-refractivity contribution is -0.126. The second kappa shape index (κ2) is 8.01. The Morgan fingerprint density at radius 2 is 1.44 bits per heavy atom. The zero-order valence-corrected chi connectivity index (χ0v) is 17.7. The molecule has 2 aliphatic heterocycles. The minimum Gasteiger partial charge on any atom is -0.497 e. The Balaban J connectivity index is 1.63. The Morgan fingerprint density at radius 1 is 0.781 bits per heavy atom. The van der Waals surface area contributed by atoms with Crippen molar-refractivity contribution < 1.29 is 23.9 Å². The van der Waals surface area contributed by atoms with Crippen LogP contribution in [-0.4, -0.2) is 32.1 Å². The number of benzene rings is 3. The van der Waals surface area contributed by atoms with Crippen LogP contribution in [0.4, 0.5) is 11.4 Å². The number of para-hydroxylation sites is 2. The second-order valence-corrected chi connectivity index (χ2v) is 7.61. The maximum Gasteiger partial charge on any atom is 0.266 e. The highest BCUT2D eigenvalue weighted by Gasteiger charge is 2.60. The number of hydroxylamine groups is 1. The third-order valence-corrected chi connectivity index (χ3v) is 5.90. The van der Waals surface area contributed by atoms with E-state index in [0.29, 0.717) is 17.2 Å². The average molecular weight is 430 g/mol. The Kier molecular flexibility index (Phi) is 5.03. The van der Waals surface area contributed by atoms with Gasteiger partial charge in [-0.1, -0.05) is 36.4 Å². The van der Waals surface area contributed by atoms with Crippen molar-refractivity contribution in [3.8, 4) is 11.5 Å². The largest absolute Gasteiger partial charge is 0.497 e. The van der Waals surface area contributed by atoms with Gasteiger partial charge in [0, 0.05) is 11.6 Å². The summed E-state index contributed by atoms with van der Waals surface area (Å²) in [5.41, 5.74) is 2.02. The number of amides is 2. The first-order valence-corrected chi connectivity index (χ1v) is 10.3. The highest BCUT2D eigenvalue weighted by molar-refractivity contribution is 6.23. The predicted molar refractivity (Wildman–Crippen MR) is 119 cm³/mol. The third kappa shape index (κ3) is 3.09. The zero-order valence-electron chi connectivity index (χ0n) is 17.7. The van der Waals surface area contributed by atoms with Crippen molar-refractivity contribution in [2.24, 2.45) is 5.92 Å². The summed E-state index contributed by atoms with van der Waals surface area (Å²) in [5.74, 6) is -0.218. The van der Waals surface area contributed by atoms with E-state index < -0.39 is 18.1 Å². The van der Waals surface area contributed by atoms with E-state index in [-0.39, 0.29) is 11.8 Å². The van der Waals surface area contributed by atoms with Gasteiger partial charge in [-0.05, 0) is 36.4 Å². The molecule has 2 heterocycles. The number of hydrogen-bond acceptors (Lipinski definition) is 6. The van der Waals surface area contributed by atoms with Crippen molar-refractivity contribution in [2.75, 3.05) is 24.2 Å². The third-order valence-electron chi connectivity index (χ3n) is 5.90. The molecular weight excluding hydrogens is 408 g/mol. The standard InChI is InChI=1S/C25H22N2O5/c1-30-18-13-14-19(20(15-18)31-2)22-21-23(32-27(22)17-11-7-4-8-12-17)25(29)26(24(21)28)16-9-5-3-6-10-16/h3-15,21-23H,1-2H3/t21-,22+,23+/m1/s1. The van der Waals surface area contributed by atoms with Crippen molar-refractivity contribution in [3.05, 3.63) is 84.4 Å². The van der Waals surface area contributed by atoms with E-state index in [1.807, 2.05) is 48.5 Å². The lowest BCUT2D eigenvalue weighted by Crippen LogP contribution is -2.37. The van der Waals surface area contributed by atoms with Gasteiger partial charge in [0.05, 0.1) is 31.6 Å². The predicted octanol–water partition coefficient (Wildman–Crippen LogP) is 3.75. The number of fused-ring (bicyclic) bond motifs is 1. The number of methoxy groups -OCH3 is 2. The number of imide groups is 1. The summed E-state index contributed by atoms with van der Waals surface area (Å²) < 4.78 is 11.0. The van der Waals surface area contributed by atoms with Gasteiger partial charge >= 0.3 is 0 Å². The fourth-order valence-electron chi connectivity index (χ4n) is 4.42. The molecule has 0 spiro atoms. The van der Waals surface area contributed by atoms with E-state index in [0.717, 1.165) is 11.3 Å². The van der Waals surface area contributed by atoms with Crippen LogP contribution >= 0.6 is 0 Å². The quantitative estimate of drug-likeness (QED) is 0.575. The Bertz CT molecular complexity index is 1150. The van der Waals surface area contributed by atoms with Crippen molar-refractivity contribution in [1.29, 1.82) is 0 Å². The van der Waals surface area contributed by atoms with Gasteiger partial charge in [-0.15, -0.1) is 0 Å². The van der Waals surface area contributed by atoms with E-state index in [4.69, 9.17) is 14.3 Å². The molecule has 3 atom stereocenters. The van der Waals surface area contributed by atoms with Crippen molar-refractivity contribution in [1.82, 2.24) is 0 Å². The smallest absolute Gasteiger partial charge is 0.266 e. The molecule has 2 fully saturated rings. The molecule has 3 aromatic carbocycles. The molecule has 2 saturated heterocycles. The van der Waals surface area contributed by atoms with Gasteiger partial charge in [0.15, 0.2) is 6.10 Å². The van der Waals surface area contributed by atoms with Crippen LogP contribution in [0.1, 0.15) is 11.6 Å². The number of nitrogens with zero attached hydrogens (tertiary/aromatic N) is 2. The molecule has 0 unspecified atom stereocenters. The zero-order chi connectivity index (χ0) is 22.2. The van der Waals surface area contributed by atoms with E-state index in [2.05, 4.69) is 0 Å².